The Labute approximate surface area is 114 Å². The number of piperidine rings is 1. The second-order valence-electron chi connectivity index (χ2n) is 5.59. The van der Waals surface area contributed by atoms with E-state index in [-0.39, 0.29) is 5.41 Å². The third-order valence-electron chi connectivity index (χ3n) is 3.83. The van der Waals surface area contributed by atoms with Gasteiger partial charge in [-0.25, -0.2) is 0 Å². The maximum atomic E-state index is 9.50. The standard InChI is InChI=1S/C15H23NOS/c1-15(12-17)8-5-9-16(11-15)10-13-6-3-4-7-14(13)18-2/h3-4,6-7,17H,5,8-12H2,1-2H3. The summed E-state index contributed by atoms with van der Waals surface area (Å²) >= 11 is 1.81. The fourth-order valence-corrected chi connectivity index (χ4v) is 3.38. The van der Waals surface area contributed by atoms with Crippen LogP contribution in [0.3, 0.4) is 0 Å². The first-order chi connectivity index (χ1) is 8.67. The molecule has 0 amide bonds. The Bertz CT molecular complexity index is 396. The quantitative estimate of drug-likeness (QED) is 0.847. The number of benzene rings is 1. The van der Waals surface area contributed by atoms with Crippen LogP contribution in [0, 0.1) is 5.41 Å². The zero-order chi connectivity index (χ0) is 13.0. The molecule has 3 heteroatoms. The average Bonchev–Trinajstić information content (AvgIpc) is 2.39. The van der Waals surface area contributed by atoms with E-state index < -0.39 is 0 Å². The van der Waals surface area contributed by atoms with Crippen LogP contribution in [-0.4, -0.2) is 36.0 Å². The fraction of sp³-hybridized carbons (Fsp3) is 0.600. The van der Waals surface area contributed by atoms with Crippen molar-refractivity contribution in [2.24, 2.45) is 5.41 Å². The number of nitrogens with zero attached hydrogens (tertiary/aromatic N) is 1. The van der Waals surface area contributed by atoms with Gasteiger partial charge in [0.1, 0.15) is 0 Å². The molecule has 1 aliphatic heterocycles. The second-order valence-corrected chi connectivity index (χ2v) is 6.44. The number of hydrogen-bond donors (Lipinski definition) is 1. The van der Waals surface area contributed by atoms with Crippen LogP contribution in [0.5, 0.6) is 0 Å². The van der Waals surface area contributed by atoms with Gasteiger partial charge in [-0.15, -0.1) is 11.8 Å². The Balaban J connectivity index is 2.05. The van der Waals surface area contributed by atoms with E-state index in [4.69, 9.17) is 0 Å². The number of hydrogen-bond acceptors (Lipinski definition) is 3. The summed E-state index contributed by atoms with van der Waals surface area (Å²) in [5, 5.41) is 9.50. The highest BCUT2D eigenvalue weighted by Crippen LogP contribution is 2.30. The number of rotatable bonds is 4. The number of likely N-dealkylation sites (tertiary alicyclic amines) is 1. The van der Waals surface area contributed by atoms with Gasteiger partial charge in [0.15, 0.2) is 0 Å². The molecule has 1 aliphatic rings. The lowest BCUT2D eigenvalue weighted by molar-refractivity contribution is 0.0426. The first kappa shape index (κ1) is 13.9. The van der Waals surface area contributed by atoms with Crippen molar-refractivity contribution in [3.63, 3.8) is 0 Å². The molecule has 100 valence electrons. The zero-order valence-electron chi connectivity index (χ0n) is 11.4. The van der Waals surface area contributed by atoms with Gasteiger partial charge in [0, 0.05) is 30.0 Å². The molecule has 1 atom stereocenters. The van der Waals surface area contributed by atoms with Crippen LogP contribution in [0.15, 0.2) is 29.2 Å². The van der Waals surface area contributed by atoms with Crippen LogP contribution in [0.2, 0.25) is 0 Å². The highest BCUT2D eigenvalue weighted by Gasteiger charge is 2.30. The molecule has 0 radical (unpaired) electrons. The summed E-state index contributed by atoms with van der Waals surface area (Å²) in [5.41, 5.74) is 1.50. The lowest BCUT2D eigenvalue weighted by Crippen LogP contribution is -2.43. The Morgan fingerprint density at radius 2 is 2.17 bits per heavy atom. The van der Waals surface area contributed by atoms with Crippen molar-refractivity contribution in [2.75, 3.05) is 26.0 Å². The predicted octanol–water partition coefficient (Wildman–Crippen LogP) is 3.00. The van der Waals surface area contributed by atoms with Gasteiger partial charge in [-0.2, -0.15) is 0 Å². The van der Waals surface area contributed by atoms with Crippen molar-refractivity contribution in [3.8, 4) is 0 Å². The third-order valence-corrected chi connectivity index (χ3v) is 4.67. The summed E-state index contributed by atoms with van der Waals surface area (Å²) in [6.07, 6.45) is 4.47. The predicted molar refractivity (Wildman–Crippen MR) is 77.9 cm³/mol. The van der Waals surface area contributed by atoms with Crippen LogP contribution in [0.4, 0.5) is 0 Å². The molecule has 1 saturated heterocycles. The molecule has 2 rings (SSSR count). The van der Waals surface area contributed by atoms with Gasteiger partial charge in [0.2, 0.25) is 0 Å². The molecule has 0 spiro atoms. The maximum absolute atomic E-state index is 9.50. The van der Waals surface area contributed by atoms with Gasteiger partial charge in [-0.05, 0) is 37.3 Å². The van der Waals surface area contributed by atoms with E-state index in [0.29, 0.717) is 6.61 Å². The molecular weight excluding hydrogens is 242 g/mol. The minimum absolute atomic E-state index is 0.0898. The van der Waals surface area contributed by atoms with Crippen molar-refractivity contribution >= 4 is 11.8 Å². The van der Waals surface area contributed by atoms with Crippen molar-refractivity contribution in [3.05, 3.63) is 29.8 Å². The van der Waals surface area contributed by atoms with Gasteiger partial charge in [0.05, 0.1) is 0 Å². The Morgan fingerprint density at radius 1 is 1.39 bits per heavy atom. The van der Waals surface area contributed by atoms with Crippen molar-refractivity contribution in [2.45, 2.75) is 31.2 Å². The molecule has 1 fully saturated rings. The van der Waals surface area contributed by atoms with Crippen molar-refractivity contribution in [1.82, 2.24) is 4.90 Å². The highest BCUT2D eigenvalue weighted by atomic mass is 32.2. The number of aliphatic hydroxyl groups excluding tert-OH is 1. The lowest BCUT2D eigenvalue weighted by atomic mass is 9.82. The molecule has 1 heterocycles. The van der Waals surface area contributed by atoms with E-state index >= 15 is 0 Å². The Morgan fingerprint density at radius 3 is 2.89 bits per heavy atom. The molecule has 1 unspecified atom stereocenters. The van der Waals surface area contributed by atoms with Crippen molar-refractivity contribution in [1.29, 1.82) is 0 Å². The lowest BCUT2D eigenvalue weighted by Gasteiger charge is -2.39. The van der Waals surface area contributed by atoms with E-state index in [0.717, 1.165) is 26.1 Å². The molecule has 0 saturated carbocycles. The first-order valence-corrected chi connectivity index (χ1v) is 7.84. The van der Waals surface area contributed by atoms with Crippen LogP contribution >= 0.6 is 11.8 Å². The molecular formula is C15H23NOS. The smallest absolute Gasteiger partial charge is 0.0497 e. The summed E-state index contributed by atoms with van der Waals surface area (Å²) in [4.78, 5) is 3.85. The van der Waals surface area contributed by atoms with Crippen molar-refractivity contribution < 1.29 is 5.11 Å². The highest BCUT2D eigenvalue weighted by molar-refractivity contribution is 7.98. The Kier molecular flexibility index (Phi) is 4.71. The molecule has 18 heavy (non-hydrogen) atoms. The number of thioether (sulfide) groups is 1. The van der Waals surface area contributed by atoms with Crippen LogP contribution in [0.25, 0.3) is 0 Å². The molecule has 1 aromatic rings. The van der Waals surface area contributed by atoms with Crippen LogP contribution < -0.4 is 0 Å². The van der Waals surface area contributed by atoms with E-state index in [1.807, 2.05) is 11.8 Å². The van der Waals surface area contributed by atoms with Gasteiger partial charge in [-0.1, -0.05) is 25.1 Å². The Hall–Kier alpha value is -0.510. The average molecular weight is 265 g/mol. The summed E-state index contributed by atoms with van der Waals surface area (Å²) in [6.45, 7) is 5.66. The summed E-state index contributed by atoms with van der Waals surface area (Å²) in [5.74, 6) is 0. The SMILES string of the molecule is CSc1ccccc1CN1CCCC(C)(CO)C1. The van der Waals surface area contributed by atoms with E-state index in [1.54, 1.807) is 0 Å². The second kappa shape index (κ2) is 6.09. The molecule has 0 bridgehead atoms. The summed E-state index contributed by atoms with van der Waals surface area (Å²) in [7, 11) is 0. The minimum atomic E-state index is 0.0898. The van der Waals surface area contributed by atoms with Crippen LogP contribution in [-0.2, 0) is 6.54 Å². The van der Waals surface area contributed by atoms with Gasteiger partial charge in [0.25, 0.3) is 0 Å². The van der Waals surface area contributed by atoms with Gasteiger partial charge >= 0.3 is 0 Å². The molecule has 2 nitrogen and oxygen atoms in total. The van der Waals surface area contributed by atoms with E-state index in [9.17, 15) is 5.11 Å². The summed E-state index contributed by atoms with van der Waals surface area (Å²) < 4.78 is 0. The normalized spacial score (nSPS) is 25.3. The molecule has 0 aromatic heterocycles. The molecule has 1 aromatic carbocycles. The zero-order valence-corrected chi connectivity index (χ0v) is 12.2. The fourth-order valence-electron chi connectivity index (χ4n) is 2.77. The largest absolute Gasteiger partial charge is 0.396 e. The monoisotopic (exact) mass is 265 g/mol. The first-order valence-electron chi connectivity index (χ1n) is 6.62. The number of aliphatic hydroxyl groups is 1. The molecule has 0 aliphatic carbocycles. The van der Waals surface area contributed by atoms with Gasteiger partial charge in [-0.3, -0.25) is 4.90 Å². The van der Waals surface area contributed by atoms with E-state index in [2.05, 4.69) is 42.3 Å². The minimum Gasteiger partial charge on any atom is -0.396 e. The topological polar surface area (TPSA) is 23.5 Å². The molecule has 1 N–H and O–H groups in total. The summed E-state index contributed by atoms with van der Waals surface area (Å²) in [6, 6.07) is 8.62. The maximum Gasteiger partial charge on any atom is 0.0497 e. The third kappa shape index (κ3) is 3.28. The van der Waals surface area contributed by atoms with Crippen LogP contribution in [0.1, 0.15) is 25.3 Å². The van der Waals surface area contributed by atoms with E-state index in [1.165, 1.54) is 16.9 Å². The van der Waals surface area contributed by atoms with Gasteiger partial charge < -0.3 is 5.11 Å².